The van der Waals surface area contributed by atoms with E-state index >= 15 is 0 Å². The fourth-order valence-electron chi connectivity index (χ4n) is 1.25. The second-order valence-corrected chi connectivity index (χ2v) is 4.72. The normalized spacial score (nSPS) is 17.4. The molecule has 1 fully saturated rings. The van der Waals surface area contributed by atoms with Gasteiger partial charge in [-0.15, -0.1) is 11.3 Å². The Bertz CT molecular complexity index is 280. The summed E-state index contributed by atoms with van der Waals surface area (Å²) in [5, 5.41) is 1.81. The van der Waals surface area contributed by atoms with Crippen molar-refractivity contribution in [1.82, 2.24) is 9.88 Å². The molecule has 0 aliphatic carbocycles. The summed E-state index contributed by atoms with van der Waals surface area (Å²) >= 11 is 3.37. The smallest absolute Gasteiger partial charge is 0.273 e. The van der Waals surface area contributed by atoms with E-state index < -0.39 is 0 Å². The van der Waals surface area contributed by atoms with Crippen LogP contribution in [-0.4, -0.2) is 40.4 Å². The first-order valence-corrected chi connectivity index (χ1v) is 6.23. The molecule has 1 aromatic rings. The number of aromatic nitrogens is 1. The standard InChI is InChI=1S/C8H10N2OS2/c11-8(7-5-13-6-9-7)10-1-3-12-4-2-10/h5-6H,1-4H2. The quantitative estimate of drug-likeness (QED) is 0.707. The average molecular weight is 214 g/mol. The van der Waals surface area contributed by atoms with Gasteiger partial charge in [0.2, 0.25) is 0 Å². The first-order chi connectivity index (χ1) is 6.38. The number of thiazole rings is 1. The Labute approximate surface area is 85.2 Å². The Kier molecular flexibility index (Phi) is 2.85. The molecule has 0 saturated carbocycles. The maximum atomic E-state index is 11.7. The third-order valence-electron chi connectivity index (χ3n) is 1.95. The molecule has 1 aromatic heterocycles. The molecule has 0 atom stereocenters. The zero-order valence-corrected chi connectivity index (χ0v) is 8.74. The Morgan fingerprint density at radius 1 is 1.46 bits per heavy atom. The molecule has 2 rings (SSSR count). The predicted octanol–water partition coefficient (Wildman–Crippen LogP) is 1.33. The number of carbonyl (C=O) groups excluding carboxylic acids is 1. The molecule has 0 N–H and O–H groups in total. The van der Waals surface area contributed by atoms with Crippen LogP contribution in [0.25, 0.3) is 0 Å². The van der Waals surface area contributed by atoms with E-state index in [4.69, 9.17) is 0 Å². The number of rotatable bonds is 1. The third-order valence-corrected chi connectivity index (χ3v) is 3.48. The third kappa shape index (κ3) is 2.03. The van der Waals surface area contributed by atoms with Gasteiger partial charge in [0.25, 0.3) is 5.91 Å². The van der Waals surface area contributed by atoms with Crippen LogP contribution in [0.2, 0.25) is 0 Å². The van der Waals surface area contributed by atoms with Crippen LogP contribution in [0.1, 0.15) is 10.5 Å². The first-order valence-electron chi connectivity index (χ1n) is 4.13. The lowest BCUT2D eigenvalue weighted by Crippen LogP contribution is -2.38. The van der Waals surface area contributed by atoms with Crippen molar-refractivity contribution in [3.8, 4) is 0 Å². The Balaban J connectivity index is 2.04. The minimum Gasteiger partial charge on any atom is -0.336 e. The van der Waals surface area contributed by atoms with Gasteiger partial charge in [0, 0.05) is 30.0 Å². The predicted molar refractivity (Wildman–Crippen MR) is 55.3 cm³/mol. The van der Waals surface area contributed by atoms with Crippen molar-refractivity contribution >= 4 is 29.0 Å². The molecular formula is C8H10N2OS2. The van der Waals surface area contributed by atoms with Crippen LogP contribution in [0.15, 0.2) is 10.9 Å². The van der Waals surface area contributed by atoms with Gasteiger partial charge in [-0.25, -0.2) is 4.98 Å². The van der Waals surface area contributed by atoms with Crippen molar-refractivity contribution < 1.29 is 4.79 Å². The molecule has 70 valence electrons. The van der Waals surface area contributed by atoms with E-state index in [0.717, 1.165) is 24.6 Å². The van der Waals surface area contributed by atoms with Crippen molar-refractivity contribution in [3.05, 3.63) is 16.6 Å². The SMILES string of the molecule is O=C(c1cscn1)N1CCSCC1. The highest BCUT2D eigenvalue weighted by Gasteiger charge is 2.19. The maximum absolute atomic E-state index is 11.7. The zero-order valence-electron chi connectivity index (χ0n) is 7.10. The van der Waals surface area contributed by atoms with Gasteiger partial charge in [0.1, 0.15) is 5.69 Å². The minimum atomic E-state index is 0.0848. The summed E-state index contributed by atoms with van der Waals surface area (Å²) in [5.41, 5.74) is 2.29. The van der Waals surface area contributed by atoms with E-state index in [2.05, 4.69) is 4.98 Å². The van der Waals surface area contributed by atoms with Crippen molar-refractivity contribution in [3.63, 3.8) is 0 Å². The van der Waals surface area contributed by atoms with Crippen LogP contribution in [0.4, 0.5) is 0 Å². The molecule has 5 heteroatoms. The molecule has 0 unspecified atom stereocenters. The summed E-state index contributed by atoms with van der Waals surface area (Å²) < 4.78 is 0. The van der Waals surface area contributed by atoms with Crippen LogP contribution in [0, 0.1) is 0 Å². The molecule has 1 aliphatic heterocycles. The van der Waals surface area contributed by atoms with Gasteiger partial charge in [-0.05, 0) is 0 Å². The second-order valence-electron chi connectivity index (χ2n) is 2.78. The molecule has 2 heterocycles. The lowest BCUT2D eigenvalue weighted by atomic mass is 10.4. The van der Waals surface area contributed by atoms with Gasteiger partial charge < -0.3 is 4.90 Å². The molecule has 0 spiro atoms. The number of hydrogen-bond donors (Lipinski definition) is 0. The summed E-state index contributed by atoms with van der Waals surface area (Å²) in [4.78, 5) is 17.6. The van der Waals surface area contributed by atoms with Gasteiger partial charge >= 0.3 is 0 Å². The Morgan fingerprint density at radius 2 is 2.23 bits per heavy atom. The maximum Gasteiger partial charge on any atom is 0.273 e. The highest BCUT2D eigenvalue weighted by atomic mass is 32.2. The number of amides is 1. The average Bonchev–Trinajstić information content (AvgIpc) is 2.71. The lowest BCUT2D eigenvalue weighted by molar-refractivity contribution is 0.0767. The number of carbonyl (C=O) groups is 1. The minimum absolute atomic E-state index is 0.0848. The van der Waals surface area contributed by atoms with Crippen LogP contribution < -0.4 is 0 Å². The van der Waals surface area contributed by atoms with E-state index in [1.54, 1.807) is 5.51 Å². The topological polar surface area (TPSA) is 33.2 Å². The van der Waals surface area contributed by atoms with Gasteiger partial charge in [-0.2, -0.15) is 11.8 Å². The fraction of sp³-hybridized carbons (Fsp3) is 0.500. The van der Waals surface area contributed by atoms with Gasteiger partial charge in [-0.3, -0.25) is 4.79 Å². The molecule has 0 radical (unpaired) electrons. The summed E-state index contributed by atoms with van der Waals surface area (Å²) in [5.74, 6) is 2.19. The van der Waals surface area contributed by atoms with E-state index in [-0.39, 0.29) is 5.91 Å². The number of thioether (sulfide) groups is 1. The molecule has 3 nitrogen and oxygen atoms in total. The Morgan fingerprint density at radius 3 is 2.85 bits per heavy atom. The largest absolute Gasteiger partial charge is 0.336 e. The summed E-state index contributed by atoms with van der Waals surface area (Å²) in [6.07, 6.45) is 0. The van der Waals surface area contributed by atoms with E-state index in [1.807, 2.05) is 22.0 Å². The van der Waals surface area contributed by atoms with Crippen molar-refractivity contribution in [1.29, 1.82) is 0 Å². The van der Waals surface area contributed by atoms with Crippen molar-refractivity contribution in [2.24, 2.45) is 0 Å². The van der Waals surface area contributed by atoms with Crippen molar-refractivity contribution in [2.75, 3.05) is 24.6 Å². The highest BCUT2D eigenvalue weighted by Crippen LogP contribution is 2.12. The van der Waals surface area contributed by atoms with E-state index in [0.29, 0.717) is 5.69 Å². The van der Waals surface area contributed by atoms with Gasteiger partial charge in [-0.1, -0.05) is 0 Å². The van der Waals surface area contributed by atoms with Crippen LogP contribution in [0.5, 0.6) is 0 Å². The second kappa shape index (κ2) is 4.11. The number of hydrogen-bond acceptors (Lipinski definition) is 4. The lowest BCUT2D eigenvalue weighted by Gasteiger charge is -2.25. The van der Waals surface area contributed by atoms with Gasteiger partial charge in [0.15, 0.2) is 0 Å². The van der Waals surface area contributed by atoms with Crippen LogP contribution >= 0.6 is 23.1 Å². The molecule has 13 heavy (non-hydrogen) atoms. The summed E-state index contributed by atoms with van der Waals surface area (Å²) in [6.45, 7) is 1.72. The van der Waals surface area contributed by atoms with Crippen LogP contribution in [-0.2, 0) is 0 Å². The van der Waals surface area contributed by atoms with Crippen LogP contribution in [0.3, 0.4) is 0 Å². The summed E-state index contributed by atoms with van der Waals surface area (Å²) in [7, 11) is 0. The molecule has 1 aliphatic rings. The molecular weight excluding hydrogens is 204 g/mol. The zero-order chi connectivity index (χ0) is 9.10. The molecule has 1 saturated heterocycles. The van der Waals surface area contributed by atoms with E-state index in [9.17, 15) is 4.79 Å². The molecule has 0 bridgehead atoms. The van der Waals surface area contributed by atoms with E-state index in [1.165, 1.54) is 11.3 Å². The summed E-state index contributed by atoms with van der Waals surface area (Å²) in [6, 6.07) is 0. The highest BCUT2D eigenvalue weighted by molar-refractivity contribution is 7.99. The van der Waals surface area contributed by atoms with Gasteiger partial charge in [0.05, 0.1) is 5.51 Å². The molecule has 1 amide bonds. The Hall–Kier alpha value is -0.550. The monoisotopic (exact) mass is 214 g/mol. The van der Waals surface area contributed by atoms with Crippen molar-refractivity contribution in [2.45, 2.75) is 0 Å². The number of nitrogens with zero attached hydrogens (tertiary/aromatic N) is 2. The molecule has 0 aromatic carbocycles. The first kappa shape index (κ1) is 9.02. The fourth-order valence-corrected chi connectivity index (χ4v) is 2.68.